The highest BCUT2D eigenvalue weighted by atomic mass is 32.1. The minimum atomic E-state index is 0.0910. The minimum absolute atomic E-state index is 0.0910. The van der Waals surface area contributed by atoms with Crippen molar-refractivity contribution < 1.29 is 4.79 Å². The first-order valence-electron chi connectivity index (χ1n) is 5.47. The lowest BCUT2D eigenvalue weighted by molar-refractivity contribution is -0.122. The predicted molar refractivity (Wildman–Crippen MR) is 66.3 cm³/mol. The van der Waals surface area contributed by atoms with Crippen LogP contribution in [0.25, 0.3) is 0 Å². The summed E-state index contributed by atoms with van der Waals surface area (Å²) in [6.07, 6.45) is 0.502. The Morgan fingerprint density at radius 1 is 1.50 bits per heavy atom. The third-order valence-corrected chi connectivity index (χ3v) is 2.69. The van der Waals surface area contributed by atoms with E-state index >= 15 is 0 Å². The molecule has 4 nitrogen and oxygen atoms in total. The number of amides is 1. The van der Waals surface area contributed by atoms with E-state index in [2.05, 4.69) is 15.6 Å². The average Bonchev–Trinajstić information content (AvgIpc) is 2.65. The summed E-state index contributed by atoms with van der Waals surface area (Å²) in [5.74, 6) is 0.0910. The summed E-state index contributed by atoms with van der Waals surface area (Å²) in [6, 6.07) is 0.374. The van der Waals surface area contributed by atoms with Crippen LogP contribution >= 0.6 is 11.3 Å². The molecule has 90 valence electrons. The van der Waals surface area contributed by atoms with Crippen molar-refractivity contribution in [2.75, 3.05) is 0 Å². The van der Waals surface area contributed by atoms with E-state index in [0.717, 1.165) is 12.2 Å². The Labute approximate surface area is 100 Å². The van der Waals surface area contributed by atoms with Crippen LogP contribution in [0, 0.1) is 0 Å². The zero-order chi connectivity index (χ0) is 12.0. The molecule has 0 saturated heterocycles. The number of aromatic nitrogens is 1. The van der Waals surface area contributed by atoms with E-state index in [1.165, 1.54) is 0 Å². The highest BCUT2D eigenvalue weighted by molar-refractivity contribution is 7.07. The lowest BCUT2D eigenvalue weighted by Gasteiger charge is -2.14. The highest BCUT2D eigenvalue weighted by Gasteiger charge is 2.09. The van der Waals surface area contributed by atoms with Crippen LogP contribution in [0.15, 0.2) is 10.9 Å². The van der Waals surface area contributed by atoms with Gasteiger partial charge in [0, 0.05) is 30.4 Å². The summed E-state index contributed by atoms with van der Waals surface area (Å²) in [5.41, 5.74) is 2.84. The normalized spacial score (nSPS) is 12.8. The standard InChI is InChI=1S/C11H19N3OS/c1-8(2)14-11(15)4-9(3)12-5-10-6-16-7-13-10/h6-9,12H,4-5H2,1-3H3,(H,14,15). The smallest absolute Gasteiger partial charge is 0.221 e. The van der Waals surface area contributed by atoms with Crippen molar-refractivity contribution in [2.24, 2.45) is 0 Å². The third kappa shape index (κ3) is 5.23. The Morgan fingerprint density at radius 2 is 2.25 bits per heavy atom. The molecule has 1 atom stereocenters. The van der Waals surface area contributed by atoms with Gasteiger partial charge in [-0.25, -0.2) is 4.98 Å². The molecule has 0 aliphatic rings. The van der Waals surface area contributed by atoms with Crippen LogP contribution in [-0.4, -0.2) is 23.0 Å². The first-order chi connectivity index (χ1) is 7.58. The van der Waals surface area contributed by atoms with Gasteiger partial charge in [-0.3, -0.25) is 4.79 Å². The molecule has 0 saturated carbocycles. The molecule has 1 heterocycles. The Bertz CT molecular complexity index is 311. The van der Waals surface area contributed by atoms with Gasteiger partial charge in [-0.05, 0) is 20.8 Å². The van der Waals surface area contributed by atoms with E-state index in [1.54, 1.807) is 11.3 Å². The zero-order valence-electron chi connectivity index (χ0n) is 9.99. The topological polar surface area (TPSA) is 54.0 Å². The second kappa shape index (κ2) is 6.60. The number of carbonyl (C=O) groups is 1. The van der Waals surface area contributed by atoms with Crippen LogP contribution in [0.5, 0.6) is 0 Å². The molecule has 16 heavy (non-hydrogen) atoms. The fraction of sp³-hybridized carbons (Fsp3) is 0.636. The minimum Gasteiger partial charge on any atom is -0.354 e. The van der Waals surface area contributed by atoms with E-state index in [-0.39, 0.29) is 18.0 Å². The van der Waals surface area contributed by atoms with Gasteiger partial charge in [0.2, 0.25) is 5.91 Å². The molecule has 0 spiro atoms. The number of thiazole rings is 1. The average molecular weight is 241 g/mol. The molecule has 0 fully saturated rings. The number of rotatable bonds is 6. The first kappa shape index (κ1) is 13.1. The maximum atomic E-state index is 11.5. The molecule has 1 aromatic heterocycles. The Balaban J connectivity index is 2.20. The van der Waals surface area contributed by atoms with Crippen molar-refractivity contribution in [1.29, 1.82) is 0 Å². The summed E-state index contributed by atoms with van der Waals surface area (Å²) < 4.78 is 0. The fourth-order valence-corrected chi connectivity index (χ4v) is 1.89. The van der Waals surface area contributed by atoms with Gasteiger partial charge in [0.25, 0.3) is 0 Å². The fourth-order valence-electron chi connectivity index (χ4n) is 1.33. The highest BCUT2D eigenvalue weighted by Crippen LogP contribution is 2.01. The first-order valence-corrected chi connectivity index (χ1v) is 6.42. The van der Waals surface area contributed by atoms with E-state index in [1.807, 2.05) is 31.7 Å². The van der Waals surface area contributed by atoms with Crippen molar-refractivity contribution in [1.82, 2.24) is 15.6 Å². The van der Waals surface area contributed by atoms with Gasteiger partial charge in [-0.1, -0.05) is 0 Å². The Hall–Kier alpha value is -0.940. The van der Waals surface area contributed by atoms with Crippen LogP contribution in [0.3, 0.4) is 0 Å². The molecule has 1 aromatic rings. The van der Waals surface area contributed by atoms with Gasteiger partial charge in [-0.15, -0.1) is 11.3 Å². The van der Waals surface area contributed by atoms with Gasteiger partial charge in [0.05, 0.1) is 11.2 Å². The molecule has 1 rings (SSSR count). The summed E-state index contributed by atoms with van der Waals surface area (Å²) >= 11 is 1.58. The number of carbonyl (C=O) groups excluding carboxylic acids is 1. The number of nitrogens with zero attached hydrogens (tertiary/aromatic N) is 1. The van der Waals surface area contributed by atoms with Gasteiger partial charge in [0.1, 0.15) is 0 Å². The number of nitrogens with one attached hydrogen (secondary N) is 2. The molecular formula is C11H19N3OS. The summed E-state index contributed by atoms with van der Waals surface area (Å²) in [7, 11) is 0. The maximum absolute atomic E-state index is 11.5. The van der Waals surface area contributed by atoms with Gasteiger partial charge < -0.3 is 10.6 Å². The molecule has 5 heteroatoms. The summed E-state index contributed by atoms with van der Waals surface area (Å²) in [5, 5.41) is 8.15. The van der Waals surface area contributed by atoms with Crippen LogP contribution in [-0.2, 0) is 11.3 Å². The van der Waals surface area contributed by atoms with E-state index in [9.17, 15) is 4.79 Å². The quantitative estimate of drug-likeness (QED) is 0.794. The monoisotopic (exact) mass is 241 g/mol. The summed E-state index contributed by atoms with van der Waals surface area (Å²) in [6.45, 7) is 6.66. The van der Waals surface area contributed by atoms with Gasteiger partial charge >= 0.3 is 0 Å². The van der Waals surface area contributed by atoms with Crippen LogP contribution < -0.4 is 10.6 Å². The SMILES string of the molecule is CC(C)NC(=O)CC(C)NCc1cscn1. The van der Waals surface area contributed by atoms with Crippen molar-refractivity contribution >= 4 is 17.2 Å². The lowest BCUT2D eigenvalue weighted by atomic mass is 10.2. The molecule has 0 aromatic carbocycles. The second-order valence-electron chi connectivity index (χ2n) is 4.19. The van der Waals surface area contributed by atoms with Crippen molar-refractivity contribution in [3.63, 3.8) is 0 Å². The summed E-state index contributed by atoms with van der Waals surface area (Å²) in [4.78, 5) is 15.6. The van der Waals surface area contributed by atoms with Crippen molar-refractivity contribution in [3.8, 4) is 0 Å². The molecule has 1 amide bonds. The molecular weight excluding hydrogens is 222 g/mol. The molecule has 1 unspecified atom stereocenters. The molecule has 0 bridgehead atoms. The Morgan fingerprint density at radius 3 is 2.81 bits per heavy atom. The van der Waals surface area contributed by atoms with Gasteiger partial charge in [0.15, 0.2) is 0 Å². The molecule has 0 aliphatic carbocycles. The van der Waals surface area contributed by atoms with Crippen LogP contribution in [0.2, 0.25) is 0 Å². The molecule has 0 radical (unpaired) electrons. The van der Waals surface area contributed by atoms with Crippen molar-refractivity contribution in [3.05, 3.63) is 16.6 Å². The van der Waals surface area contributed by atoms with Crippen molar-refractivity contribution in [2.45, 2.75) is 45.8 Å². The predicted octanol–water partition coefficient (Wildman–Crippen LogP) is 1.54. The largest absolute Gasteiger partial charge is 0.354 e. The van der Waals surface area contributed by atoms with E-state index < -0.39 is 0 Å². The second-order valence-corrected chi connectivity index (χ2v) is 4.91. The van der Waals surface area contributed by atoms with Crippen LogP contribution in [0.4, 0.5) is 0 Å². The maximum Gasteiger partial charge on any atom is 0.221 e. The van der Waals surface area contributed by atoms with Crippen LogP contribution in [0.1, 0.15) is 32.9 Å². The number of hydrogen-bond donors (Lipinski definition) is 2. The zero-order valence-corrected chi connectivity index (χ0v) is 10.8. The lowest BCUT2D eigenvalue weighted by Crippen LogP contribution is -2.36. The molecule has 0 aliphatic heterocycles. The van der Waals surface area contributed by atoms with Gasteiger partial charge in [-0.2, -0.15) is 0 Å². The Kier molecular flexibility index (Phi) is 5.42. The third-order valence-electron chi connectivity index (χ3n) is 2.06. The van der Waals surface area contributed by atoms with E-state index in [4.69, 9.17) is 0 Å². The molecule has 2 N–H and O–H groups in total. The number of hydrogen-bond acceptors (Lipinski definition) is 4. The van der Waals surface area contributed by atoms with E-state index in [0.29, 0.717) is 6.42 Å².